The molecule has 19 heteroatoms. The first-order chi connectivity index (χ1) is 48.7. The number of ether oxygens (including phenoxy) is 4. The van der Waals surface area contributed by atoms with Crippen molar-refractivity contribution in [2.75, 3.05) is 39.6 Å². The maximum Gasteiger partial charge on any atom is 0.472 e. The fourth-order valence-corrected chi connectivity index (χ4v) is 14.2. The number of hydrogen-bond donors (Lipinski definition) is 3. The van der Waals surface area contributed by atoms with E-state index in [1.807, 2.05) is 0 Å². The summed E-state index contributed by atoms with van der Waals surface area (Å²) in [7, 11) is -9.92. The van der Waals surface area contributed by atoms with Gasteiger partial charge >= 0.3 is 39.5 Å². The molecule has 17 nitrogen and oxygen atoms in total. The number of hydrogen-bond acceptors (Lipinski definition) is 15. The minimum atomic E-state index is -4.96. The molecule has 0 saturated heterocycles. The lowest BCUT2D eigenvalue weighted by Gasteiger charge is -2.21. The third-order valence-electron chi connectivity index (χ3n) is 19.1. The Balaban J connectivity index is 5.25. The Kier molecular flexibility index (Phi) is 70.9. The van der Waals surface area contributed by atoms with Crippen LogP contribution < -0.4 is 0 Å². The van der Waals surface area contributed by atoms with Crippen LogP contribution in [0, 0.1) is 17.8 Å². The van der Waals surface area contributed by atoms with E-state index in [-0.39, 0.29) is 25.7 Å². The second-order valence-corrected chi connectivity index (χ2v) is 33.8. The number of aliphatic hydroxyl groups is 1. The van der Waals surface area contributed by atoms with E-state index >= 15 is 0 Å². The number of esters is 4. The van der Waals surface area contributed by atoms with Crippen LogP contribution in [0.2, 0.25) is 0 Å². The van der Waals surface area contributed by atoms with E-state index in [4.69, 9.17) is 37.0 Å². The average molecular weight is 1480 g/mol. The largest absolute Gasteiger partial charge is 0.472 e. The van der Waals surface area contributed by atoms with Gasteiger partial charge in [-0.25, -0.2) is 9.13 Å². The quantitative estimate of drug-likeness (QED) is 0.0222. The number of phosphoric acid groups is 2. The summed E-state index contributed by atoms with van der Waals surface area (Å²) in [5, 5.41) is 10.7. The third-order valence-corrected chi connectivity index (χ3v) is 21.0. The number of rotatable bonds is 80. The van der Waals surface area contributed by atoms with Gasteiger partial charge in [0.1, 0.15) is 19.3 Å². The summed E-state index contributed by atoms with van der Waals surface area (Å²) in [5.74, 6) is 0.203. The number of phosphoric ester groups is 2. The van der Waals surface area contributed by atoms with Gasteiger partial charge < -0.3 is 33.8 Å². The summed E-state index contributed by atoms with van der Waals surface area (Å²) in [5.41, 5.74) is 0. The molecule has 0 saturated carbocycles. The average Bonchev–Trinajstić information content (AvgIpc) is 0.918. The smallest absolute Gasteiger partial charge is 0.462 e. The number of carbonyl (C=O) groups excluding carboxylic acids is 4. The molecule has 0 aliphatic carbocycles. The Hall–Kier alpha value is -1.94. The van der Waals surface area contributed by atoms with Crippen molar-refractivity contribution in [3.63, 3.8) is 0 Å². The van der Waals surface area contributed by atoms with Gasteiger partial charge in [0, 0.05) is 25.7 Å². The molecule has 0 radical (unpaired) electrons. The Morgan fingerprint density at radius 3 is 0.673 bits per heavy atom. The van der Waals surface area contributed by atoms with Gasteiger partial charge in [0.05, 0.1) is 26.4 Å². The van der Waals surface area contributed by atoms with Gasteiger partial charge in [-0.15, -0.1) is 0 Å². The fraction of sp³-hybridized carbons (Fsp3) is 0.951. The molecule has 3 N–H and O–H groups in total. The highest BCUT2D eigenvalue weighted by atomic mass is 31.2. The van der Waals surface area contributed by atoms with Gasteiger partial charge in [-0.1, -0.05) is 376 Å². The molecule has 0 heterocycles. The van der Waals surface area contributed by atoms with Gasteiger partial charge in [0.25, 0.3) is 0 Å². The van der Waals surface area contributed by atoms with Crippen molar-refractivity contribution < 1.29 is 80.2 Å². The van der Waals surface area contributed by atoms with Crippen LogP contribution in [0.3, 0.4) is 0 Å². The zero-order valence-electron chi connectivity index (χ0n) is 66.4. The molecule has 600 valence electrons. The second kappa shape index (κ2) is 72.3. The Labute approximate surface area is 619 Å². The molecule has 0 rings (SSSR count). The van der Waals surface area contributed by atoms with E-state index in [2.05, 4.69) is 48.5 Å². The summed E-state index contributed by atoms with van der Waals surface area (Å²) in [4.78, 5) is 73.1. The molecule has 0 amide bonds. The first kappa shape index (κ1) is 99.1. The Morgan fingerprint density at radius 1 is 0.267 bits per heavy atom. The van der Waals surface area contributed by atoms with Crippen LogP contribution >= 0.6 is 15.6 Å². The summed E-state index contributed by atoms with van der Waals surface area (Å²) in [6.45, 7) is 12.0. The molecule has 0 aromatic rings. The van der Waals surface area contributed by atoms with Crippen molar-refractivity contribution in [1.29, 1.82) is 0 Å². The standard InChI is InChI=1S/C82H160O17P2/c1-8-9-10-11-12-13-14-15-16-20-23-29-34-42-49-56-63-79(84)92-69-77(98-81(86)65-58-51-44-35-30-24-21-18-17-19-22-27-32-39-46-53-60-73(2)3)71-96-100(88,89)94-67-76(83)68-95-101(90,91)97-72-78(70-93-80(85)64-57-50-43-38-37-41-48-55-62-75(6)7)99-82(87)66-59-52-45-36-31-26-25-28-33-40-47-54-61-74(4)5/h73-78,83H,8-72H2,1-7H3,(H,88,89)(H,90,91)/t76-,77-,78-/m1/s1. The monoisotopic (exact) mass is 1480 g/mol. The minimum absolute atomic E-state index is 0.106. The maximum absolute atomic E-state index is 13.1. The van der Waals surface area contributed by atoms with E-state index in [0.717, 1.165) is 108 Å². The zero-order chi connectivity index (χ0) is 74.4. The van der Waals surface area contributed by atoms with Gasteiger partial charge in [0.2, 0.25) is 0 Å². The van der Waals surface area contributed by atoms with Crippen LogP contribution in [0.1, 0.15) is 427 Å². The van der Waals surface area contributed by atoms with Crippen molar-refractivity contribution in [3.05, 3.63) is 0 Å². The summed E-state index contributed by atoms with van der Waals surface area (Å²) >= 11 is 0. The molecule has 0 aliphatic heterocycles. The topological polar surface area (TPSA) is 237 Å². The minimum Gasteiger partial charge on any atom is -0.462 e. The van der Waals surface area contributed by atoms with Crippen LogP contribution in [-0.4, -0.2) is 96.7 Å². The fourth-order valence-electron chi connectivity index (χ4n) is 12.7. The highest BCUT2D eigenvalue weighted by Gasteiger charge is 2.30. The van der Waals surface area contributed by atoms with Crippen molar-refractivity contribution in [2.24, 2.45) is 17.8 Å². The predicted molar refractivity (Wildman–Crippen MR) is 414 cm³/mol. The van der Waals surface area contributed by atoms with Crippen molar-refractivity contribution in [3.8, 4) is 0 Å². The molecule has 2 unspecified atom stereocenters. The molecule has 101 heavy (non-hydrogen) atoms. The van der Waals surface area contributed by atoms with Crippen LogP contribution in [0.15, 0.2) is 0 Å². The predicted octanol–water partition coefficient (Wildman–Crippen LogP) is 24.5. The molecule has 0 bridgehead atoms. The van der Waals surface area contributed by atoms with Gasteiger partial charge in [-0.2, -0.15) is 0 Å². The Bertz CT molecular complexity index is 1960. The molecular weight excluding hydrogens is 1320 g/mol. The summed E-state index contributed by atoms with van der Waals surface area (Å²) < 4.78 is 68.8. The number of unbranched alkanes of at least 4 members (excludes halogenated alkanes) is 48. The van der Waals surface area contributed by atoms with Crippen LogP contribution in [-0.2, 0) is 65.4 Å². The lowest BCUT2D eigenvalue weighted by Crippen LogP contribution is -2.30. The van der Waals surface area contributed by atoms with Gasteiger partial charge in [0.15, 0.2) is 12.2 Å². The summed E-state index contributed by atoms with van der Waals surface area (Å²) in [6, 6.07) is 0. The van der Waals surface area contributed by atoms with Crippen LogP contribution in [0.4, 0.5) is 0 Å². The van der Waals surface area contributed by atoms with Crippen molar-refractivity contribution >= 4 is 39.5 Å². The van der Waals surface area contributed by atoms with Crippen LogP contribution in [0.5, 0.6) is 0 Å². The lowest BCUT2D eigenvalue weighted by atomic mass is 10.0. The number of carbonyl (C=O) groups is 4. The summed E-state index contributed by atoms with van der Waals surface area (Å²) in [6.07, 6.45) is 61.0. The molecule has 0 aromatic heterocycles. The lowest BCUT2D eigenvalue weighted by molar-refractivity contribution is -0.161. The van der Waals surface area contributed by atoms with E-state index in [9.17, 15) is 43.2 Å². The second-order valence-electron chi connectivity index (χ2n) is 30.9. The third kappa shape index (κ3) is 76.1. The molecular formula is C82H160O17P2. The Morgan fingerprint density at radius 2 is 0.455 bits per heavy atom. The molecule has 0 aromatic carbocycles. The normalized spacial score (nSPS) is 14.0. The van der Waals surface area contributed by atoms with E-state index < -0.39 is 97.5 Å². The van der Waals surface area contributed by atoms with Gasteiger partial charge in [-0.05, 0) is 43.4 Å². The van der Waals surface area contributed by atoms with E-state index in [1.54, 1.807) is 0 Å². The SMILES string of the molecule is CCCCCCCCCCCCCCCCCCC(=O)OC[C@H](COP(=O)(O)OC[C@@H](O)COP(=O)(O)OC[C@@H](COC(=O)CCCCCCCCCCC(C)C)OC(=O)CCCCCCCCCCCCCCC(C)C)OC(=O)CCCCCCCCCCCCCCCCCCC(C)C. The van der Waals surface area contributed by atoms with Crippen LogP contribution in [0.25, 0.3) is 0 Å². The highest BCUT2D eigenvalue weighted by Crippen LogP contribution is 2.45. The first-order valence-electron chi connectivity index (χ1n) is 42.3. The van der Waals surface area contributed by atoms with E-state index in [0.29, 0.717) is 25.7 Å². The number of aliphatic hydroxyl groups excluding tert-OH is 1. The molecule has 0 aliphatic rings. The zero-order valence-corrected chi connectivity index (χ0v) is 68.2. The van der Waals surface area contributed by atoms with Crippen molar-refractivity contribution in [2.45, 2.75) is 446 Å². The highest BCUT2D eigenvalue weighted by molar-refractivity contribution is 7.47. The van der Waals surface area contributed by atoms with Gasteiger partial charge in [-0.3, -0.25) is 37.3 Å². The molecule has 5 atom stereocenters. The maximum atomic E-state index is 13.1. The van der Waals surface area contributed by atoms with Crippen molar-refractivity contribution in [1.82, 2.24) is 0 Å². The molecule has 0 spiro atoms. The van der Waals surface area contributed by atoms with E-state index in [1.165, 1.54) is 238 Å². The first-order valence-corrected chi connectivity index (χ1v) is 45.3. The molecule has 0 fully saturated rings.